The number of hydrogen-bond acceptors (Lipinski definition) is 2. The van der Waals surface area contributed by atoms with E-state index in [2.05, 4.69) is 4.98 Å². The Morgan fingerprint density at radius 3 is 2.47 bits per heavy atom. The van der Waals surface area contributed by atoms with Crippen molar-refractivity contribution in [1.82, 2.24) is 4.98 Å². The van der Waals surface area contributed by atoms with E-state index in [0.29, 0.717) is 6.42 Å². The third kappa shape index (κ3) is 3.11. The normalized spacial score (nSPS) is 12.4. The Hall–Kier alpha value is -1.74. The average molecular weight is 230 g/mol. The molecule has 0 saturated heterocycles. The number of alkyl halides is 1. The Morgan fingerprint density at radius 2 is 1.88 bits per heavy atom. The number of benzene rings is 1. The molecular weight excluding hydrogens is 215 g/mol. The van der Waals surface area contributed by atoms with E-state index in [1.165, 1.54) is 0 Å². The number of hydrogen-bond donors (Lipinski definition) is 1. The quantitative estimate of drug-likeness (QED) is 0.876. The highest BCUT2D eigenvalue weighted by molar-refractivity contribution is 5.62. The van der Waals surface area contributed by atoms with Crippen LogP contribution in [0.5, 0.6) is 0 Å². The third-order valence-electron chi connectivity index (χ3n) is 2.64. The standard InChI is InChI=1S/C14H15FN2/c15-9-14(16)8-11-3-5-12(6-4-11)13-2-1-7-17-10-13/h1-7,10,14H,8-9,16H2. The summed E-state index contributed by atoms with van der Waals surface area (Å²) in [6.07, 6.45) is 4.14. The molecule has 3 heteroatoms. The first kappa shape index (κ1) is 11.7. The number of halogens is 1. The average Bonchev–Trinajstić information content (AvgIpc) is 2.40. The lowest BCUT2D eigenvalue weighted by atomic mass is 10.0. The highest BCUT2D eigenvalue weighted by Gasteiger charge is 2.03. The van der Waals surface area contributed by atoms with Gasteiger partial charge in [-0.2, -0.15) is 0 Å². The second kappa shape index (κ2) is 5.55. The van der Waals surface area contributed by atoms with Gasteiger partial charge in [-0.15, -0.1) is 0 Å². The van der Waals surface area contributed by atoms with Gasteiger partial charge in [0.05, 0.1) is 0 Å². The Kier molecular flexibility index (Phi) is 3.83. The molecule has 2 rings (SSSR count). The maximum atomic E-state index is 12.3. The largest absolute Gasteiger partial charge is 0.325 e. The summed E-state index contributed by atoms with van der Waals surface area (Å²) in [5.74, 6) is 0. The maximum absolute atomic E-state index is 12.3. The first-order chi connectivity index (χ1) is 8.29. The zero-order chi connectivity index (χ0) is 12.1. The van der Waals surface area contributed by atoms with Crippen LogP contribution in [0.15, 0.2) is 48.8 Å². The van der Waals surface area contributed by atoms with Crippen LogP contribution >= 0.6 is 0 Å². The highest BCUT2D eigenvalue weighted by atomic mass is 19.1. The molecule has 0 spiro atoms. The lowest BCUT2D eigenvalue weighted by Gasteiger charge is -2.07. The topological polar surface area (TPSA) is 38.9 Å². The van der Waals surface area contributed by atoms with E-state index >= 15 is 0 Å². The number of aromatic nitrogens is 1. The summed E-state index contributed by atoms with van der Waals surface area (Å²) >= 11 is 0. The van der Waals surface area contributed by atoms with E-state index in [9.17, 15) is 4.39 Å². The predicted octanol–water partition coefficient (Wildman–Crippen LogP) is 2.59. The van der Waals surface area contributed by atoms with Gasteiger partial charge in [0.2, 0.25) is 0 Å². The van der Waals surface area contributed by atoms with Crippen LogP contribution in [0, 0.1) is 0 Å². The minimum Gasteiger partial charge on any atom is -0.325 e. The van der Waals surface area contributed by atoms with E-state index in [-0.39, 0.29) is 0 Å². The van der Waals surface area contributed by atoms with Gasteiger partial charge in [0, 0.05) is 18.4 Å². The molecule has 1 heterocycles. The van der Waals surface area contributed by atoms with Crippen LogP contribution in [0.25, 0.3) is 11.1 Å². The monoisotopic (exact) mass is 230 g/mol. The fourth-order valence-electron chi connectivity index (χ4n) is 1.72. The zero-order valence-corrected chi connectivity index (χ0v) is 9.51. The van der Waals surface area contributed by atoms with Gasteiger partial charge in [0.1, 0.15) is 6.67 Å². The van der Waals surface area contributed by atoms with Gasteiger partial charge in [-0.25, -0.2) is 4.39 Å². The molecule has 0 amide bonds. The summed E-state index contributed by atoms with van der Waals surface area (Å²) in [4.78, 5) is 4.08. The van der Waals surface area contributed by atoms with Gasteiger partial charge in [-0.3, -0.25) is 4.98 Å². The molecule has 2 nitrogen and oxygen atoms in total. The van der Waals surface area contributed by atoms with Crippen LogP contribution in [-0.2, 0) is 6.42 Å². The summed E-state index contributed by atoms with van der Waals surface area (Å²) in [5, 5.41) is 0. The van der Waals surface area contributed by atoms with Crippen molar-refractivity contribution in [2.75, 3.05) is 6.67 Å². The van der Waals surface area contributed by atoms with E-state index < -0.39 is 12.7 Å². The first-order valence-electron chi connectivity index (χ1n) is 5.60. The van der Waals surface area contributed by atoms with Crippen LogP contribution in [0.2, 0.25) is 0 Å². The van der Waals surface area contributed by atoms with Crippen LogP contribution in [0.1, 0.15) is 5.56 Å². The van der Waals surface area contributed by atoms with Gasteiger partial charge in [0.15, 0.2) is 0 Å². The van der Waals surface area contributed by atoms with Gasteiger partial charge in [0.25, 0.3) is 0 Å². The minimum absolute atomic E-state index is 0.403. The fraction of sp³-hybridized carbons (Fsp3) is 0.214. The maximum Gasteiger partial charge on any atom is 0.105 e. The molecule has 0 aliphatic carbocycles. The molecule has 2 N–H and O–H groups in total. The molecule has 0 aliphatic rings. The Morgan fingerprint density at radius 1 is 1.12 bits per heavy atom. The van der Waals surface area contributed by atoms with Gasteiger partial charge < -0.3 is 5.73 Å². The number of nitrogens with two attached hydrogens (primary N) is 1. The van der Waals surface area contributed by atoms with E-state index in [0.717, 1.165) is 16.7 Å². The minimum atomic E-state index is -0.482. The first-order valence-corrected chi connectivity index (χ1v) is 5.60. The Balaban J connectivity index is 2.13. The molecule has 0 bridgehead atoms. The van der Waals surface area contributed by atoms with Crippen molar-refractivity contribution in [3.8, 4) is 11.1 Å². The number of rotatable bonds is 4. The van der Waals surface area contributed by atoms with Crippen molar-refractivity contribution in [2.45, 2.75) is 12.5 Å². The molecule has 2 aromatic rings. The SMILES string of the molecule is NC(CF)Cc1ccc(-c2cccnc2)cc1. The molecule has 0 saturated carbocycles. The van der Waals surface area contributed by atoms with Crippen LogP contribution < -0.4 is 5.73 Å². The predicted molar refractivity (Wildman–Crippen MR) is 67.3 cm³/mol. The molecular formula is C14H15FN2. The number of nitrogens with zero attached hydrogens (tertiary/aromatic N) is 1. The van der Waals surface area contributed by atoms with Gasteiger partial charge in [-0.1, -0.05) is 30.3 Å². The Labute approximate surface area is 100 Å². The third-order valence-corrected chi connectivity index (χ3v) is 2.64. The van der Waals surface area contributed by atoms with Crippen molar-refractivity contribution >= 4 is 0 Å². The smallest absolute Gasteiger partial charge is 0.105 e. The van der Waals surface area contributed by atoms with Crippen molar-refractivity contribution in [3.63, 3.8) is 0 Å². The van der Waals surface area contributed by atoms with Crippen LogP contribution in [-0.4, -0.2) is 17.7 Å². The zero-order valence-electron chi connectivity index (χ0n) is 9.51. The molecule has 1 aromatic carbocycles. The van der Waals surface area contributed by atoms with Crippen LogP contribution in [0.4, 0.5) is 4.39 Å². The Bertz CT molecular complexity index is 453. The van der Waals surface area contributed by atoms with Gasteiger partial charge >= 0.3 is 0 Å². The highest BCUT2D eigenvalue weighted by Crippen LogP contribution is 2.18. The van der Waals surface area contributed by atoms with E-state index in [1.54, 1.807) is 6.20 Å². The molecule has 0 fully saturated rings. The molecule has 17 heavy (non-hydrogen) atoms. The molecule has 0 radical (unpaired) electrons. The summed E-state index contributed by atoms with van der Waals surface area (Å²) in [5.41, 5.74) is 8.81. The molecule has 0 aliphatic heterocycles. The van der Waals surface area contributed by atoms with Crippen molar-refractivity contribution < 1.29 is 4.39 Å². The van der Waals surface area contributed by atoms with Crippen molar-refractivity contribution in [1.29, 1.82) is 0 Å². The number of pyridine rings is 1. The van der Waals surface area contributed by atoms with E-state index in [4.69, 9.17) is 5.73 Å². The summed E-state index contributed by atoms with van der Waals surface area (Å²) in [7, 11) is 0. The molecule has 1 unspecified atom stereocenters. The molecule has 1 atom stereocenters. The summed E-state index contributed by atoms with van der Waals surface area (Å²) in [6.45, 7) is -0.482. The lowest BCUT2D eigenvalue weighted by molar-refractivity contribution is 0.427. The molecule has 88 valence electrons. The molecule has 1 aromatic heterocycles. The summed E-state index contributed by atoms with van der Waals surface area (Å²) in [6, 6.07) is 11.5. The summed E-state index contributed by atoms with van der Waals surface area (Å²) < 4.78 is 12.3. The lowest BCUT2D eigenvalue weighted by Crippen LogP contribution is -2.24. The van der Waals surface area contributed by atoms with Crippen molar-refractivity contribution in [3.05, 3.63) is 54.4 Å². The second-order valence-electron chi connectivity index (χ2n) is 4.06. The van der Waals surface area contributed by atoms with E-state index in [1.807, 2.05) is 42.6 Å². The van der Waals surface area contributed by atoms with Gasteiger partial charge in [-0.05, 0) is 29.2 Å². The fourth-order valence-corrected chi connectivity index (χ4v) is 1.72. The van der Waals surface area contributed by atoms with Crippen molar-refractivity contribution in [2.24, 2.45) is 5.73 Å². The second-order valence-corrected chi connectivity index (χ2v) is 4.06. The van der Waals surface area contributed by atoms with Crippen LogP contribution in [0.3, 0.4) is 0 Å².